The van der Waals surface area contributed by atoms with Gasteiger partial charge in [0.25, 0.3) is 0 Å². The van der Waals surface area contributed by atoms with Crippen molar-refractivity contribution in [3.05, 3.63) is 40.7 Å². The maximum absolute atomic E-state index is 3.42. The van der Waals surface area contributed by atoms with E-state index in [1.165, 1.54) is 41.8 Å². The number of allylic oxidation sites excluding steroid dienone is 2. The molecular weight excluding hydrogens is 165 g/mol. The predicted molar refractivity (Wildman–Crippen MR) is 53.4 cm³/mol. The Morgan fingerprint density at radius 1 is 1.14 bits per heavy atom. The third-order valence-electron chi connectivity index (χ3n) is 2.88. The van der Waals surface area contributed by atoms with E-state index in [1.54, 1.807) is 0 Å². The van der Waals surface area contributed by atoms with Gasteiger partial charge in [0.15, 0.2) is 0 Å². The van der Waals surface area contributed by atoms with E-state index in [0.29, 0.717) is 0 Å². The van der Waals surface area contributed by atoms with Crippen molar-refractivity contribution >= 4 is 6.08 Å². The SMILES string of the molecule is [C-]1=CCCc2c1[nH]c1c2CCC=C1.[Li+]. The average Bonchev–Trinajstić information content (AvgIpc) is 2.56. The van der Waals surface area contributed by atoms with Crippen LogP contribution < -0.4 is 18.9 Å². The second kappa shape index (κ2) is 3.85. The van der Waals surface area contributed by atoms with Crippen LogP contribution in [0.15, 0.2) is 12.2 Å². The summed E-state index contributed by atoms with van der Waals surface area (Å²) in [5.41, 5.74) is 5.60. The third-order valence-corrected chi connectivity index (χ3v) is 2.88. The molecule has 0 spiro atoms. The van der Waals surface area contributed by atoms with Gasteiger partial charge in [-0.15, -0.1) is 11.3 Å². The molecule has 0 atom stereocenters. The number of fused-ring (bicyclic) bond motifs is 3. The normalized spacial score (nSPS) is 17.1. The van der Waals surface area contributed by atoms with Crippen molar-refractivity contribution in [3.63, 3.8) is 0 Å². The summed E-state index contributed by atoms with van der Waals surface area (Å²) >= 11 is 0. The predicted octanol–water partition coefficient (Wildman–Crippen LogP) is -0.368. The zero-order valence-electron chi connectivity index (χ0n) is 8.56. The first kappa shape index (κ1) is 9.90. The number of rotatable bonds is 0. The topological polar surface area (TPSA) is 15.8 Å². The van der Waals surface area contributed by atoms with E-state index in [9.17, 15) is 0 Å². The van der Waals surface area contributed by atoms with E-state index >= 15 is 0 Å². The van der Waals surface area contributed by atoms with Crippen LogP contribution in [0, 0.1) is 6.08 Å². The summed E-state index contributed by atoms with van der Waals surface area (Å²) in [6.07, 6.45) is 14.6. The van der Waals surface area contributed by atoms with Gasteiger partial charge in [-0.2, -0.15) is 11.6 Å². The van der Waals surface area contributed by atoms with E-state index in [0.717, 1.165) is 6.42 Å². The summed E-state index contributed by atoms with van der Waals surface area (Å²) in [7, 11) is 0. The van der Waals surface area contributed by atoms with Crippen LogP contribution >= 0.6 is 0 Å². The monoisotopic (exact) mass is 177 g/mol. The molecule has 0 amide bonds. The molecule has 2 aliphatic carbocycles. The molecule has 2 heteroatoms. The number of aromatic amines is 1. The molecule has 0 aromatic carbocycles. The molecule has 1 nitrogen and oxygen atoms in total. The van der Waals surface area contributed by atoms with Crippen LogP contribution in [0.1, 0.15) is 35.4 Å². The van der Waals surface area contributed by atoms with Crippen LogP contribution in [-0.2, 0) is 12.8 Å². The molecule has 0 radical (unpaired) electrons. The van der Waals surface area contributed by atoms with Crippen LogP contribution in [-0.4, -0.2) is 4.98 Å². The minimum absolute atomic E-state index is 0. The maximum Gasteiger partial charge on any atom is 1.00 e. The quantitative estimate of drug-likeness (QED) is 0.411. The van der Waals surface area contributed by atoms with Gasteiger partial charge >= 0.3 is 18.9 Å². The van der Waals surface area contributed by atoms with Crippen LogP contribution in [0.25, 0.3) is 6.08 Å². The van der Waals surface area contributed by atoms with Gasteiger partial charge in [-0.05, 0) is 18.9 Å². The van der Waals surface area contributed by atoms with Crippen molar-refractivity contribution in [3.8, 4) is 0 Å². The molecule has 0 fully saturated rings. The molecule has 1 heterocycles. The van der Waals surface area contributed by atoms with Crippen molar-refractivity contribution in [2.45, 2.75) is 25.7 Å². The Balaban J connectivity index is 0.000000750. The number of nitrogens with one attached hydrogen (secondary N) is 1. The van der Waals surface area contributed by atoms with Crippen molar-refractivity contribution in [2.24, 2.45) is 0 Å². The maximum atomic E-state index is 3.42. The standard InChI is InChI=1S/C12H12N.Li/c1-3-7-11-9(5-1)10-6-2-4-8-12(10)13-11;/h3-4,7,13H,1-2,5-6H2;/q-1;+1. The number of hydrogen-bond acceptors (Lipinski definition) is 0. The smallest absolute Gasteiger partial charge is 0.391 e. The van der Waals surface area contributed by atoms with Crippen molar-refractivity contribution in [2.75, 3.05) is 0 Å². The Morgan fingerprint density at radius 2 is 2.00 bits per heavy atom. The second-order valence-electron chi connectivity index (χ2n) is 3.70. The van der Waals surface area contributed by atoms with Gasteiger partial charge in [0.1, 0.15) is 0 Å². The van der Waals surface area contributed by atoms with Gasteiger partial charge < -0.3 is 4.98 Å². The molecule has 0 saturated carbocycles. The Hall–Kier alpha value is -0.643. The number of aromatic nitrogens is 1. The second-order valence-corrected chi connectivity index (χ2v) is 3.70. The molecule has 0 unspecified atom stereocenters. The van der Waals surface area contributed by atoms with Gasteiger partial charge in [-0.3, -0.25) is 0 Å². The Bertz CT molecular complexity index is 362. The summed E-state index contributed by atoms with van der Waals surface area (Å²) in [5, 5.41) is 0. The fourth-order valence-electron chi connectivity index (χ4n) is 2.25. The molecule has 3 rings (SSSR count). The van der Waals surface area contributed by atoms with E-state index < -0.39 is 0 Å². The molecule has 1 aromatic rings. The molecule has 1 N–H and O–H groups in total. The molecule has 0 aliphatic heterocycles. The van der Waals surface area contributed by atoms with Crippen LogP contribution in [0.2, 0.25) is 0 Å². The molecule has 2 aliphatic rings. The first-order valence-electron chi connectivity index (χ1n) is 4.93. The zero-order valence-corrected chi connectivity index (χ0v) is 8.56. The molecule has 0 bridgehead atoms. The Kier molecular flexibility index (Phi) is 2.72. The average molecular weight is 177 g/mol. The Morgan fingerprint density at radius 3 is 2.93 bits per heavy atom. The largest absolute Gasteiger partial charge is 1.00 e. The van der Waals surface area contributed by atoms with Crippen LogP contribution in [0.4, 0.5) is 0 Å². The minimum atomic E-state index is 0. The summed E-state index contributed by atoms with van der Waals surface area (Å²) in [4.78, 5) is 3.42. The van der Waals surface area contributed by atoms with Gasteiger partial charge in [-0.25, -0.2) is 6.08 Å². The summed E-state index contributed by atoms with van der Waals surface area (Å²) in [5.74, 6) is 0. The Labute approximate surface area is 96.5 Å². The molecule has 66 valence electrons. The summed E-state index contributed by atoms with van der Waals surface area (Å²) < 4.78 is 0. The van der Waals surface area contributed by atoms with Gasteiger partial charge in [0.05, 0.1) is 0 Å². The zero-order chi connectivity index (χ0) is 8.67. The van der Waals surface area contributed by atoms with Gasteiger partial charge in [0, 0.05) is 5.69 Å². The van der Waals surface area contributed by atoms with Crippen molar-refractivity contribution < 1.29 is 18.9 Å². The van der Waals surface area contributed by atoms with E-state index in [2.05, 4.69) is 29.3 Å². The summed E-state index contributed by atoms with van der Waals surface area (Å²) in [6.45, 7) is 0. The first-order valence-corrected chi connectivity index (χ1v) is 4.93. The molecule has 0 saturated heterocycles. The fourth-order valence-corrected chi connectivity index (χ4v) is 2.25. The van der Waals surface area contributed by atoms with Gasteiger partial charge in [-0.1, -0.05) is 18.9 Å². The molecule has 1 aromatic heterocycles. The fraction of sp³-hybridized carbons (Fsp3) is 0.333. The third kappa shape index (κ3) is 1.41. The summed E-state index contributed by atoms with van der Waals surface area (Å²) in [6, 6.07) is 0. The van der Waals surface area contributed by atoms with Gasteiger partial charge in [0.2, 0.25) is 0 Å². The van der Waals surface area contributed by atoms with Crippen LogP contribution in [0.5, 0.6) is 0 Å². The van der Waals surface area contributed by atoms with Crippen molar-refractivity contribution in [1.82, 2.24) is 4.98 Å². The van der Waals surface area contributed by atoms with Crippen LogP contribution in [0.3, 0.4) is 0 Å². The number of H-pyrrole nitrogens is 1. The van der Waals surface area contributed by atoms with E-state index in [-0.39, 0.29) is 18.9 Å². The number of hydrogen-bond donors (Lipinski definition) is 1. The van der Waals surface area contributed by atoms with E-state index in [4.69, 9.17) is 0 Å². The minimum Gasteiger partial charge on any atom is -0.391 e. The molecular formula is C12H12LiN. The van der Waals surface area contributed by atoms with E-state index in [1.807, 2.05) is 0 Å². The van der Waals surface area contributed by atoms with Crippen molar-refractivity contribution in [1.29, 1.82) is 0 Å². The molecule has 14 heavy (non-hydrogen) atoms. The first-order chi connectivity index (χ1) is 6.45.